The first-order valence-corrected chi connectivity index (χ1v) is 14.4. The van der Waals surface area contributed by atoms with E-state index in [2.05, 4.69) is 15.5 Å². The van der Waals surface area contributed by atoms with Crippen LogP contribution in [-0.4, -0.2) is 59.1 Å². The molecule has 6 rings (SSSR count). The molecular weight excluding hydrogens is 504 g/mol. The number of hydrogen-bond donors (Lipinski definition) is 2. The molecule has 0 saturated carbocycles. The third-order valence-corrected chi connectivity index (χ3v) is 8.89. The molecule has 4 heterocycles. The van der Waals surface area contributed by atoms with Crippen molar-refractivity contribution >= 4 is 32.4 Å². The molecule has 1 amide bonds. The van der Waals surface area contributed by atoms with E-state index in [1.807, 2.05) is 41.8 Å². The molecule has 1 atom stereocenters. The monoisotopic (exact) mass is 537 g/mol. The van der Waals surface area contributed by atoms with Crippen molar-refractivity contribution in [3.05, 3.63) is 59.0 Å². The minimum atomic E-state index is -0.665. The first-order valence-electron chi connectivity index (χ1n) is 13.6. The summed E-state index contributed by atoms with van der Waals surface area (Å²) in [5.41, 5.74) is 4.59. The Kier molecular flexibility index (Phi) is 7.16. The molecule has 2 fully saturated rings. The summed E-state index contributed by atoms with van der Waals surface area (Å²) in [6.07, 6.45) is 5.42. The SMILES string of the molecule is Cc1cc2c(cc1C(=O)NCCCN1CCC(F)CC1)sc1nc(-c3ccc([C@H]4CCCN4)cc3F)cn12. The highest BCUT2D eigenvalue weighted by atomic mass is 32.1. The molecule has 4 aromatic rings. The zero-order valence-electron chi connectivity index (χ0n) is 21.6. The maximum absolute atomic E-state index is 15.1. The zero-order chi connectivity index (χ0) is 26.2. The van der Waals surface area contributed by atoms with Gasteiger partial charge in [-0.2, -0.15) is 0 Å². The largest absolute Gasteiger partial charge is 0.352 e. The van der Waals surface area contributed by atoms with Crippen molar-refractivity contribution in [2.24, 2.45) is 0 Å². The molecule has 0 spiro atoms. The standard InChI is InChI=1S/C29H33F2N5OS/c1-18-14-26-27(16-22(18)28(37)33-10-3-11-35-12-7-20(30)8-13-35)38-29-34-25(17-36(26)29)21-6-5-19(15-23(21)31)24-4-2-9-32-24/h5-6,14-17,20,24,32H,2-4,7-13H2,1H3,(H,33,37)/t24-/m1/s1. The summed E-state index contributed by atoms with van der Waals surface area (Å²) in [6.45, 7) is 5.96. The molecule has 2 N–H and O–H groups in total. The minimum Gasteiger partial charge on any atom is -0.352 e. The van der Waals surface area contributed by atoms with Gasteiger partial charge in [-0.3, -0.25) is 9.20 Å². The number of nitrogens with zero attached hydrogens (tertiary/aromatic N) is 3. The van der Waals surface area contributed by atoms with Crippen molar-refractivity contribution in [2.75, 3.05) is 32.7 Å². The van der Waals surface area contributed by atoms with Crippen molar-refractivity contribution in [3.8, 4) is 11.3 Å². The lowest BCUT2D eigenvalue weighted by atomic mass is 10.0. The smallest absolute Gasteiger partial charge is 0.251 e. The van der Waals surface area contributed by atoms with Gasteiger partial charge in [0.2, 0.25) is 0 Å². The Bertz CT molecular complexity index is 1470. The van der Waals surface area contributed by atoms with E-state index in [0.29, 0.717) is 36.2 Å². The maximum Gasteiger partial charge on any atom is 0.251 e. The fourth-order valence-electron chi connectivity index (χ4n) is 5.67. The third-order valence-electron chi connectivity index (χ3n) is 7.87. The van der Waals surface area contributed by atoms with Gasteiger partial charge in [0, 0.05) is 43.0 Å². The van der Waals surface area contributed by atoms with Crippen LogP contribution in [-0.2, 0) is 0 Å². The first kappa shape index (κ1) is 25.4. The summed E-state index contributed by atoms with van der Waals surface area (Å²) in [5, 5.41) is 6.46. The quantitative estimate of drug-likeness (QED) is 0.300. The highest BCUT2D eigenvalue weighted by molar-refractivity contribution is 7.23. The molecule has 2 aromatic heterocycles. The molecule has 2 aliphatic heterocycles. The number of aromatic nitrogens is 2. The Morgan fingerprint density at radius 2 is 2.05 bits per heavy atom. The third kappa shape index (κ3) is 5.07. The number of rotatable bonds is 7. The molecule has 0 unspecified atom stereocenters. The molecule has 2 aliphatic rings. The lowest BCUT2D eigenvalue weighted by molar-refractivity contribution is 0.0949. The van der Waals surface area contributed by atoms with Gasteiger partial charge >= 0.3 is 0 Å². The number of piperidine rings is 1. The van der Waals surface area contributed by atoms with Crippen LogP contribution < -0.4 is 10.6 Å². The topological polar surface area (TPSA) is 61.7 Å². The van der Waals surface area contributed by atoms with Gasteiger partial charge in [-0.05, 0) is 87.5 Å². The Labute approximate surface area is 225 Å². The lowest BCUT2D eigenvalue weighted by Gasteiger charge is -2.28. The number of halogens is 2. The summed E-state index contributed by atoms with van der Waals surface area (Å²) < 4.78 is 31.3. The predicted molar refractivity (Wildman–Crippen MR) is 148 cm³/mol. The normalized spacial score (nSPS) is 19.1. The summed E-state index contributed by atoms with van der Waals surface area (Å²) in [7, 11) is 0. The van der Waals surface area contributed by atoms with Crippen LogP contribution >= 0.6 is 11.3 Å². The molecule has 0 bridgehead atoms. The van der Waals surface area contributed by atoms with Crippen LogP contribution in [0.4, 0.5) is 8.78 Å². The number of aryl methyl sites for hydroxylation is 1. The summed E-state index contributed by atoms with van der Waals surface area (Å²) in [5.74, 6) is -0.342. The summed E-state index contributed by atoms with van der Waals surface area (Å²) in [4.78, 5) is 20.7. The molecule has 38 heavy (non-hydrogen) atoms. The van der Waals surface area contributed by atoms with Crippen molar-refractivity contribution in [3.63, 3.8) is 0 Å². The van der Waals surface area contributed by atoms with Gasteiger partial charge < -0.3 is 15.5 Å². The van der Waals surface area contributed by atoms with E-state index in [1.165, 1.54) is 11.3 Å². The highest BCUT2D eigenvalue weighted by Gasteiger charge is 2.21. The number of benzene rings is 2. The van der Waals surface area contributed by atoms with Crippen LogP contribution in [0.5, 0.6) is 0 Å². The van der Waals surface area contributed by atoms with Crippen LogP contribution in [0, 0.1) is 12.7 Å². The van der Waals surface area contributed by atoms with Crippen LogP contribution in [0.25, 0.3) is 26.4 Å². The number of imidazole rings is 1. The molecular formula is C29H33F2N5OS. The van der Waals surface area contributed by atoms with Crippen molar-refractivity contribution < 1.29 is 13.6 Å². The van der Waals surface area contributed by atoms with Gasteiger partial charge in [-0.15, -0.1) is 0 Å². The molecule has 0 radical (unpaired) electrons. The second kappa shape index (κ2) is 10.7. The van der Waals surface area contributed by atoms with E-state index in [9.17, 15) is 9.18 Å². The number of carbonyl (C=O) groups is 1. The van der Waals surface area contributed by atoms with Crippen molar-refractivity contribution in [1.82, 2.24) is 24.9 Å². The number of fused-ring (bicyclic) bond motifs is 3. The van der Waals surface area contributed by atoms with Gasteiger partial charge in [0.25, 0.3) is 5.91 Å². The van der Waals surface area contributed by atoms with Crippen molar-refractivity contribution in [2.45, 2.75) is 51.2 Å². The molecule has 0 aliphatic carbocycles. The Morgan fingerprint density at radius 3 is 2.82 bits per heavy atom. The van der Waals surface area contributed by atoms with Gasteiger partial charge in [-0.1, -0.05) is 17.4 Å². The lowest BCUT2D eigenvalue weighted by Crippen LogP contribution is -2.36. The number of carbonyl (C=O) groups excluding carboxylic acids is 1. The molecule has 200 valence electrons. The van der Waals surface area contributed by atoms with Crippen molar-refractivity contribution in [1.29, 1.82) is 0 Å². The fourth-order valence-corrected chi connectivity index (χ4v) is 6.70. The van der Waals surface area contributed by atoms with Crippen LogP contribution in [0.1, 0.15) is 59.6 Å². The summed E-state index contributed by atoms with van der Waals surface area (Å²) >= 11 is 1.50. The number of alkyl halides is 1. The fraction of sp³-hybridized carbons (Fsp3) is 0.448. The van der Waals surface area contributed by atoms with Crippen LogP contribution in [0.2, 0.25) is 0 Å². The van der Waals surface area contributed by atoms with Gasteiger partial charge in [0.05, 0.1) is 15.9 Å². The number of nitrogens with one attached hydrogen (secondary N) is 2. The zero-order valence-corrected chi connectivity index (χ0v) is 22.4. The van der Waals surface area contributed by atoms with E-state index >= 15 is 4.39 Å². The minimum absolute atomic E-state index is 0.0856. The number of hydrogen-bond acceptors (Lipinski definition) is 5. The van der Waals surface area contributed by atoms with E-state index in [4.69, 9.17) is 4.98 Å². The van der Waals surface area contributed by atoms with Gasteiger partial charge in [-0.25, -0.2) is 13.8 Å². The van der Waals surface area contributed by atoms with E-state index < -0.39 is 6.17 Å². The number of thiazole rings is 1. The van der Waals surface area contributed by atoms with E-state index in [0.717, 1.165) is 71.7 Å². The molecule has 2 saturated heterocycles. The average Bonchev–Trinajstić information content (AvgIpc) is 3.64. The second-order valence-electron chi connectivity index (χ2n) is 10.5. The van der Waals surface area contributed by atoms with E-state index in [-0.39, 0.29) is 17.8 Å². The van der Waals surface area contributed by atoms with Gasteiger partial charge in [0.1, 0.15) is 12.0 Å². The Morgan fingerprint density at radius 1 is 1.21 bits per heavy atom. The average molecular weight is 538 g/mol. The molecule has 2 aromatic carbocycles. The predicted octanol–water partition coefficient (Wildman–Crippen LogP) is 5.64. The van der Waals surface area contributed by atoms with Crippen LogP contribution in [0.3, 0.4) is 0 Å². The highest BCUT2D eigenvalue weighted by Crippen LogP contribution is 2.33. The first-order chi connectivity index (χ1) is 18.5. The second-order valence-corrected chi connectivity index (χ2v) is 11.5. The molecule has 9 heteroatoms. The Balaban J connectivity index is 1.15. The van der Waals surface area contributed by atoms with Crippen LogP contribution in [0.15, 0.2) is 36.5 Å². The number of likely N-dealkylation sites (tertiary alicyclic amines) is 1. The van der Waals surface area contributed by atoms with Gasteiger partial charge in [0.15, 0.2) is 4.96 Å². The Hall–Kier alpha value is -2.88. The van der Waals surface area contributed by atoms with E-state index in [1.54, 1.807) is 6.07 Å². The summed E-state index contributed by atoms with van der Waals surface area (Å²) in [6, 6.07) is 9.61. The number of amides is 1. The maximum atomic E-state index is 15.1. The molecule has 6 nitrogen and oxygen atoms in total.